The molecule has 5 heteroatoms. The molecule has 3 heterocycles. The molecule has 0 unspecified atom stereocenters. The van der Waals surface area contributed by atoms with Crippen LogP contribution in [-0.4, -0.2) is 15.1 Å². The number of rotatable bonds is 3. The second kappa shape index (κ2) is 8.71. The molecule has 1 aliphatic rings. The Labute approximate surface area is 222 Å². The number of hydrogen-bond acceptors (Lipinski definition) is 5. The number of phenolic OH excluding ortho intramolecular Hbond substituents is 1. The zero-order valence-corrected chi connectivity index (χ0v) is 21.9. The second-order valence-corrected chi connectivity index (χ2v) is 10.7. The molecule has 3 aromatic carbocycles. The van der Waals surface area contributed by atoms with Crippen molar-refractivity contribution in [2.75, 3.05) is 4.90 Å². The van der Waals surface area contributed by atoms with E-state index in [9.17, 15) is 10.4 Å². The van der Waals surface area contributed by atoms with Crippen LogP contribution < -0.4 is 4.90 Å². The Morgan fingerprint density at radius 3 is 2.45 bits per heavy atom. The van der Waals surface area contributed by atoms with Gasteiger partial charge in [-0.1, -0.05) is 70.2 Å². The third kappa shape index (κ3) is 3.61. The van der Waals surface area contributed by atoms with E-state index < -0.39 is 0 Å². The number of benzene rings is 3. The molecular weight excluding hydrogens is 468 g/mol. The van der Waals surface area contributed by atoms with Crippen LogP contribution in [0.1, 0.15) is 55.9 Å². The molecule has 5 nitrogen and oxygen atoms in total. The number of fused-ring (bicyclic) bond motifs is 3. The van der Waals surface area contributed by atoms with Gasteiger partial charge in [0.05, 0.1) is 22.6 Å². The van der Waals surface area contributed by atoms with Crippen LogP contribution in [0.5, 0.6) is 5.75 Å². The average molecular weight is 497 g/mol. The number of para-hydroxylation sites is 1. The minimum absolute atomic E-state index is 0.0869. The monoisotopic (exact) mass is 496 g/mol. The highest BCUT2D eigenvalue weighted by atomic mass is 16.3. The van der Waals surface area contributed by atoms with Crippen LogP contribution in [0.2, 0.25) is 0 Å². The average Bonchev–Trinajstić information content (AvgIpc) is 2.93. The van der Waals surface area contributed by atoms with Crippen molar-refractivity contribution < 1.29 is 5.11 Å². The van der Waals surface area contributed by atoms with Gasteiger partial charge in [0, 0.05) is 22.6 Å². The summed E-state index contributed by atoms with van der Waals surface area (Å²) < 4.78 is 0. The lowest BCUT2D eigenvalue weighted by Crippen LogP contribution is -2.31. The number of nitriles is 1. The zero-order chi connectivity index (χ0) is 26.6. The zero-order valence-electron chi connectivity index (χ0n) is 21.9. The molecule has 0 radical (unpaired) electrons. The molecule has 1 N–H and O–H groups in total. The van der Waals surface area contributed by atoms with Crippen molar-refractivity contribution in [2.45, 2.75) is 39.0 Å². The van der Waals surface area contributed by atoms with Crippen molar-refractivity contribution in [2.24, 2.45) is 0 Å². The third-order valence-electron chi connectivity index (χ3n) is 7.65. The van der Waals surface area contributed by atoms with Crippen molar-refractivity contribution in [1.82, 2.24) is 9.97 Å². The maximum absolute atomic E-state index is 10.7. The largest absolute Gasteiger partial charge is 0.504 e. The van der Waals surface area contributed by atoms with Crippen molar-refractivity contribution in [3.05, 3.63) is 107 Å². The van der Waals surface area contributed by atoms with Gasteiger partial charge in [0.25, 0.3) is 0 Å². The highest BCUT2D eigenvalue weighted by molar-refractivity contribution is 5.90. The second-order valence-electron chi connectivity index (χ2n) is 10.7. The van der Waals surface area contributed by atoms with E-state index in [-0.39, 0.29) is 16.7 Å². The maximum Gasteiger partial charge on any atom is 0.159 e. The van der Waals surface area contributed by atoms with E-state index in [1.165, 1.54) is 16.7 Å². The van der Waals surface area contributed by atoms with Crippen molar-refractivity contribution in [1.29, 1.82) is 5.26 Å². The third-order valence-corrected chi connectivity index (χ3v) is 7.65. The van der Waals surface area contributed by atoms with E-state index in [1.54, 1.807) is 6.07 Å². The van der Waals surface area contributed by atoms with Crippen molar-refractivity contribution in [3.8, 4) is 23.1 Å². The van der Waals surface area contributed by atoms with Gasteiger partial charge in [-0.15, -0.1) is 0 Å². The molecule has 0 atom stereocenters. The Kier molecular flexibility index (Phi) is 5.43. The fourth-order valence-electron chi connectivity index (χ4n) is 5.46. The molecule has 2 aromatic heterocycles. The standard InChI is InChI=1S/C33H28N4O/c1-20(2)22-15-16-35-30(18-22)37-28-8-6-5-7-25(28)33(3,4)26-13-11-23(17-29(26)37)27-14-12-21-9-10-24(19-34)32(38)31(21)36-27/h5-18,20,38H,1-4H3. The Morgan fingerprint density at radius 2 is 1.66 bits per heavy atom. The van der Waals surface area contributed by atoms with Crippen LogP contribution in [0.3, 0.4) is 0 Å². The van der Waals surface area contributed by atoms with E-state index in [1.807, 2.05) is 30.5 Å². The smallest absolute Gasteiger partial charge is 0.159 e. The summed E-state index contributed by atoms with van der Waals surface area (Å²) in [7, 11) is 0. The van der Waals surface area contributed by atoms with Gasteiger partial charge in [-0.3, -0.25) is 4.90 Å². The maximum atomic E-state index is 10.7. The summed E-state index contributed by atoms with van der Waals surface area (Å²) in [6.45, 7) is 8.90. The molecule has 38 heavy (non-hydrogen) atoms. The molecule has 0 fully saturated rings. The summed E-state index contributed by atoms with van der Waals surface area (Å²) in [5.41, 5.74) is 7.92. The van der Waals surface area contributed by atoms with Gasteiger partial charge in [-0.25, -0.2) is 9.97 Å². The molecule has 186 valence electrons. The van der Waals surface area contributed by atoms with E-state index in [0.29, 0.717) is 11.4 Å². The fourth-order valence-corrected chi connectivity index (χ4v) is 5.46. The first-order valence-corrected chi connectivity index (χ1v) is 12.8. The van der Waals surface area contributed by atoms with Gasteiger partial charge < -0.3 is 5.11 Å². The summed E-state index contributed by atoms with van der Waals surface area (Å²) in [6, 6.07) is 28.6. The molecule has 5 aromatic rings. The number of pyridine rings is 2. The van der Waals surface area contributed by atoms with Gasteiger partial charge in [-0.2, -0.15) is 5.26 Å². The molecule has 0 aliphatic carbocycles. The molecule has 0 saturated carbocycles. The molecule has 0 saturated heterocycles. The van der Waals surface area contributed by atoms with E-state index >= 15 is 0 Å². The van der Waals surface area contributed by atoms with Gasteiger partial charge in [0.1, 0.15) is 17.4 Å². The minimum atomic E-state index is -0.215. The van der Waals surface area contributed by atoms with Gasteiger partial charge in [0.2, 0.25) is 0 Å². The molecule has 0 bridgehead atoms. The van der Waals surface area contributed by atoms with Crippen molar-refractivity contribution >= 4 is 28.1 Å². The Hall–Kier alpha value is -4.69. The van der Waals surface area contributed by atoms with E-state index in [4.69, 9.17) is 9.97 Å². The van der Waals surface area contributed by atoms with Gasteiger partial charge in [0.15, 0.2) is 5.75 Å². The Balaban J connectivity index is 1.58. The molecule has 1 aliphatic heterocycles. The fraction of sp³-hybridized carbons (Fsp3) is 0.182. The first kappa shape index (κ1) is 23.7. The van der Waals surface area contributed by atoms with Crippen LogP contribution in [0.25, 0.3) is 22.2 Å². The van der Waals surface area contributed by atoms with Crippen LogP contribution in [0.15, 0.2) is 85.1 Å². The number of phenols is 1. The highest BCUT2D eigenvalue weighted by Crippen LogP contribution is 2.52. The highest BCUT2D eigenvalue weighted by Gasteiger charge is 2.37. The van der Waals surface area contributed by atoms with Crippen LogP contribution in [-0.2, 0) is 5.41 Å². The number of hydrogen-bond donors (Lipinski definition) is 1. The summed E-state index contributed by atoms with van der Waals surface area (Å²) in [4.78, 5) is 11.8. The van der Waals surface area contributed by atoms with E-state index in [0.717, 1.165) is 33.8 Å². The summed E-state index contributed by atoms with van der Waals surface area (Å²) in [5.74, 6) is 1.17. The number of nitrogens with zero attached hydrogens (tertiary/aromatic N) is 4. The van der Waals surface area contributed by atoms with Gasteiger partial charge in [-0.05, 0) is 59.0 Å². The predicted molar refractivity (Wildman–Crippen MR) is 152 cm³/mol. The molecule has 0 amide bonds. The number of aromatic nitrogens is 2. The SMILES string of the molecule is CC(C)c1ccnc(N2c3ccccc3C(C)(C)c3ccc(-c4ccc5ccc(C#N)c(O)c5n4)cc32)c1. The summed E-state index contributed by atoms with van der Waals surface area (Å²) in [6.07, 6.45) is 1.89. The molecule has 0 spiro atoms. The summed E-state index contributed by atoms with van der Waals surface area (Å²) >= 11 is 0. The quantitative estimate of drug-likeness (QED) is 0.273. The van der Waals surface area contributed by atoms with Crippen LogP contribution in [0.4, 0.5) is 17.2 Å². The molecule has 6 rings (SSSR count). The predicted octanol–water partition coefficient (Wildman–Crippen LogP) is 8.11. The topological polar surface area (TPSA) is 73.0 Å². The van der Waals surface area contributed by atoms with Crippen molar-refractivity contribution in [3.63, 3.8) is 0 Å². The Morgan fingerprint density at radius 1 is 0.895 bits per heavy atom. The number of anilines is 3. The summed E-state index contributed by atoms with van der Waals surface area (Å²) in [5, 5.41) is 20.8. The first-order chi connectivity index (χ1) is 18.3. The van der Waals surface area contributed by atoms with Crippen LogP contribution >= 0.6 is 0 Å². The lowest BCUT2D eigenvalue weighted by Gasteiger charge is -2.41. The van der Waals surface area contributed by atoms with Crippen LogP contribution in [0, 0.1) is 11.3 Å². The normalized spacial score (nSPS) is 13.7. The molecular formula is C33H28N4O. The first-order valence-electron chi connectivity index (χ1n) is 12.8. The number of aromatic hydroxyl groups is 1. The lowest BCUT2D eigenvalue weighted by molar-refractivity contribution is 0.478. The minimum Gasteiger partial charge on any atom is -0.504 e. The lowest BCUT2D eigenvalue weighted by atomic mass is 9.73. The van der Waals surface area contributed by atoms with E-state index in [2.05, 4.69) is 87.2 Å². The van der Waals surface area contributed by atoms with Gasteiger partial charge >= 0.3 is 0 Å². The Bertz CT molecular complexity index is 1760.